The predicted molar refractivity (Wildman–Crippen MR) is 56.2 cm³/mol. The summed E-state index contributed by atoms with van der Waals surface area (Å²) in [5.41, 5.74) is 1.07. The summed E-state index contributed by atoms with van der Waals surface area (Å²) in [6.45, 7) is 8.44. The van der Waals surface area contributed by atoms with E-state index in [9.17, 15) is 0 Å². The van der Waals surface area contributed by atoms with E-state index < -0.39 is 0 Å². The van der Waals surface area contributed by atoms with Crippen LogP contribution in [0.3, 0.4) is 0 Å². The predicted octanol–water partition coefficient (Wildman–Crippen LogP) is 2.32. The van der Waals surface area contributed by atoms with Gasteiger partial charge >= 0.3 is 0 Å². The lowest BCUT2D eigenvalue weighted by Crippen LogP contribution is -2.19. The maximum atomic E-state index is 9.11. The van der Waals surface area contributed by atoms with E-state index in [0.29, 0.717) is 0 Å². The number of rotatable bonds is 3. The van der Waals surface area contributed by atoms with E-state index in [1.807, 2.05) is 6.92 Å². The topological polar surface area (TPSA) is 33.1 Å². The van der Waals surface area contributed by atoms with Crippen LogP contribution in [0.2, 0.25) is 0 Å². The smallest absolute Gasteiger partial charge is 0.0937 e. The van der Waals surface area contributed by atoms with Crippen molar-refractivity contribution in [3.63, 3.8) is 0 Å². The van der Waals surface area contributed by atoms with Crippen LogP contribution in [-0.2, 0) is 6.42 Å². The fraction of sp³-hybridized carbons (Fsp3) is 0.700. The summed E-state index contributed by atoms with van der Waals surface area (Å²) < 4.78 is 0. The van der Waals surface area contributed by atoms with Gasteiger partial charge in [-0.2, -0.15) is 0 Å². The van der Waals surface area contributed by atoms with Gasteiger partial charge in [0.2, 0.25) is 0 Å². The molecule has 2 nitrogen and oxygen atoms in total. The second-order valence-electron chi connectivity index (χ2n) is 4.25. The second-order valence-corrected chi connectivity index (χ2v) is 5.54. The third kappa shape index (κ3) is 2.78. The Morgan fingerprint density at radius 2 is 2.00 bits per heavy atom. The average molecular weight is 199 g/mol. The molecule has 0 spiro atoms. The zero-order valence-electron chi connectivity index (χ0n) is 8.72. The molecule has 0 amide bonds. The minimum absolute atomic E-state index is 0.0449. The number of aliphatic hydroxyl groups excluding tert-OH is 1. The fourth-order valence-electron chi connectivity index (χ4n) is 1.08. The molecule has 3 heteroatoms. The fourth-order valence-corrected chi connectivity index (χ4v) is 2.27. The molecule has 1 aromatic rings. The van der Waals surface area contributed by atoms with Gasteiger partial charge in [0.1, 0.15) is 0 Å². The molecule has 0 radical (unpaired) electrons. The Balaban J connectivity index is 2.75. The van der Waals surface area contributed by atoms with Crippen molar-refractivity contribution in [3.05, 3.63) is 15.6 Å². The molecule has 0 aliphatic rings. The minimum Gasteiger partial charge on any atom is -0.396 e. The van der Waals surface area contributed by atoms with Crippen LogP contribution in [-0.4, -0.2) is 16.7 Å². The normalized spacial score (nSPS) is 12.1. The van der Waals surface area contributed by atoms with Crippen molar-refractivity contribution in [1.82, 2.24) is 4.98 Å². The lowest BCUT2D eigenvalue weighted by atomic mass is 9.91. The first-order valence-corrected chi connectivity index (χ1v) is 5.30. The summed E-state index contributed by atoms with van der Waals surface area (Å²) in [6.07, 6.45) is 0.864. The Kier molecular flexibility index (Phi) is 3.09. The molecule has 0 aliphatic carbocycles. The number of hydrogen-bond acceptors (Lipinski definition) is 3. The van der Waals surface area contributed by atoms with E-state index in [-0.39, 0.29) is 12.0 Å². The summed E-state index contributed by atoms with van der Waals surface area (Å²) in [5.74, 6) is 0. The lowest BCUT2D eigenvalue weighted by Gasteiger charge is -2.19. The van der Waals surface area contributed by atoms with E-state index >= 15 is 0 Å². The van der Waals surface area contributed by atoms with Gasteiger partial charge in [0.15, 0.2) is 0 Å². The lowest BCUT2D eigenvalue weighted by molar-refractivity contribution is 0.159. The highest BCUT2D eigenvalue weighted by molar-refractivity contribution is 7.11. The van der Waals surface area contributed by atoms with Gasteiger partial charge in [-0.05, 0) is 19.3 Å². The van der Waals surface area contributed by atoms with E-state index in [0.717, 1.165) is 17.1 Å². The van der Waals surface area contributed by atoms with Gasteiger partial charge in [-0.25, -0.2) is 4.98 Å². The molecule has 1 rings (SSSR count). The molecule has 0 saturated heterocycles. The SMILES string of the molecule is Cc1nc(CC(C)(C)CO)sc1C. The van der Waals surface area contributed by atoms with Gasteiger partial charge in [0.05, 0.1) is 10.7 Å². The van der Waals surface area contributed by atoms with Crippen molar-refractivity contribution in [3.8, 4) is 0 Å². The van der Waals surface area contributed by atoms with Crippen LogP contribution in [0, 0.1) is 19.3 Å². The van der Waals surface area contributed by atoms with Gasteiger partial charge in [-0.15, -0.1) is 11.3 Å². The third-order valence-electron chi connectivity index (χ3n) is 2.13. The van der Waals surface area contributed by atoms with Crippen LogP contribution in [0.1, 0.15) is 29.4 Å². The molecule has 74 valence electrons. The molecule has 1 heterocycles. The second kappa shape index (κ2) is 3.76. The molecule has 13 heavy (non-hydrogen) atoms. The summed E-state index contributed by atoms with van der Waals surface area (Å²) in [6, 6.07) is 0. The van der Waals surface area contributed by atoms with Gasteiger partial charge in [0.25, 0.3) is 0 Å². The first kappa shape index (κ1) is 10.7. The number of aryl methyl sites for hydroxylation is 2. The third-order valence-corrected chi connectivity index (χ3v) is 3.20. The molecule has 0 aromatic carbocycles. The highest BCUT2D eigenvalue weighted by Gasteiger charge is 2.19. The van der Waals surface area contributed by atoms with Gasteiger partial charge in [-0.1, -0.05) is 13.8 Å². The maximum Gasteiger partial charge on any atom is 0.0937 e. The highest BCUT2D eigenvalue weighted by atomic mass is 32.1. The van der Waals surface area contributed by atoms with Gasteiger partial charge in [0, 0.05) is 17.9 Å². The quantitative estimate of drug-likeness (QED) is 0.810. The van der Waals surface area contributed by atoms with Gasteiger partial charge < -0.3 is 5.11 Å². The molecular formula is C10H17NOS. The number of hydrogen-bond donors (Lipinski definition) is 1. The molecule has 0 aliphatic heterocycles. The molecule has 0 atom stereocenters. The molecule has 0 bridgehead atoms. The van der Waals surface area contributed by atoms with Crippen LogP contribution in [0.15, 0.2) is 0 Å². The molecule has 0 unspecified atom stereocenters. The summed E-state index contributed by atoms with van der Waals surface area (Å²) in [5, 5.41) is 10.2. The Morgan fingerprint density at radius 3 is 2.38 bits per heavy atom. The van der Waals surface area contributed by atoms with Gasteiger partial charge in [-0.3, -0.25) is 0 Å². The Bertz CT molecular complexity index is 272. The average Bonchev–Trinajstić information content (AvgIpc) is 2.30. The zero-order valence-corrected chi connectivity index (χ0v) is 9.53. The number of aliphatic hydroxyl groups is 1. The first-order valence-electron chi connectivity index (χ1n) is 4.48. The number of aromatic nitrogens is 1. The van der Waals surface area contributed by atoms with Crippen LogP contribution < -0.4 is 0 Å². The van der Waals surface area contributed by atoms with Crippen molar-refractivity contribution in [2.45, 2.75) is 34.1 Å². The van der Waals surface area contributed by atoms with Crippen LogP contribution in [0.5, 0.6) is 0 Å². The monoisotopic (exact) mass is 199 g/mol. The standard InChI is InChI=1S/C10H17NOS/c1-7-8(2)13-9(11-7)5-10(3,4)6-12/h12H,5-6H2,1-4H3. The summed E-state index contributed by atoms with van der Waals surface area (Å²) >= 11 is 1.73. The van der Waals surface area contributed by atoms with E-state index in [2.05, 4.69) is 25.8 Å². The van der Waals surface area contributed by atoms with Crippen molar-refractivity contribution in [2.75, 3.05) is 6.61 Å². The Morgan fingerprint density at radius 1 is 1.38 bits per heavy atom. The van der Waals surface area contributed by atoms with Crippen LogP contribution in [0.25, 0.3) is 0 Å². The summed E-state index contributed by atoms with van der Waals surface area (Å²) in [7, 11) is 0. The highest BCUT2D eigenvalue weighted by Crippen LogP contribution is 2.25. The number of thiazole rings is 1. The largest absolute Gasteiger partial charge is 0.396 e. The molecule has 0 fully saturated rings. The summed E-state index contributed by atoms with van der Waals surface area (Å²) in [4.78, 5) is 5.73. The maximum absolute atomic E-state index is 9.11. The van der Waals surface area contributed by atoms with E-state index in [1.54, 1.807) is 11.3 Å². The van der Waals surface area contributed by atoms with Crippen molar-refractivity contribution in [1.29, 1.82) is 0 Å². The molecule has 1 N–H and O–H groups in total. The molecular weight excluding hydrogens is 182 g/mol. The van der Waals surface area contributed by atoms with Crippen LogP contribution >= 0.6 is 11.3 Å². The van der Waals surface area contributed by atoms with Crippen molar-refractivity contribution >= 4 is 11.3 Å². The molecule has 1 aromatic heterocycles. The van der Waals surface area contributed by atoms with Crippen LogP contribution in [0.4, 0.5) is 0 Å². The van der Waals surface area contributed by atoms with E-state index in [4.69, 9.17) is 5.11 Å². The molecule has 0 saturated carbocycles. The zero-order chi connectivity index (χ0) is 10.1. The Labute approximate surface area is 83.6 Å². The van der Waals surface area contributed by atoms with Crippen molar-refractivity contribution < 1.29 is 5.11 Å². The van der Waals surface area contributed by atoms with E-state index in [1.165, 1.54) is 4.88 Å². The van der Waals surface area contributed by atoms with Crippen molar-refractivity contribution in [2.24, 2.45) is 5.41 Å². The Hall–Kier alpha value is -0.410. The minimum atomic E-state index is -0.0449. The number of nitrogens with zero attached hydrogens (tertiary/aromatic N) is 1. The first-order chi connectivity index (χ1) is 5.94.